The maximum absolute atomic E-state index is 13.3. The summed E-state index contributed by atoms with van der Waals surface area (Å²) >= 11 is 12.4. The van der Waals surface area contributed by atoms with E-state index in [1.54, 1.807) is 48.5 Å². The highest BCUT2D eigenvalue weighted by Gasteiger charge is 2.44. The second-order valence-corrected chi connectivity index (χ2v) is 10.2. The third-order valence-electron chi connectivity index (χ3n) is 7.07. The predicted molar refractivity (Wildman–Crippen MR) is 150 cm³/mol. The molecule has 186 valence electrons. The van der Waals surface area contributed by atoms with Crippen LogP contribution in [0.4, 0.5) is 0 Å². The molecule has 0 unspecified atom stereocenters. The predicted octanol–water partition coefficient (Wildman–Crippen LogP) is 7.87. The number of halogens is 2. The third kappa shape index (κ3) is 4.52. The summed E-state index contributed by atoms with van der Waals surface area (Å²) in [6, 6.07) is 30.1. The van der Waals surface area contributed by atoms with Gasteiger partial charge in [0.05, 0.1) is 11.0 Å². The van der Waals surface area contributed by atoms with Gasteiger partial charge in [-0.1, -0.05) is 90.8 Å². The van der Waals surface area contributed by atoms with Crippen LogP contribution in [0, 0.1) is 6.92 Å². The molecule has 0 aliphatic carbocycles. The number of hydrogen-bond donors (Lipinski definition) is 1. The van der Waals surface area contributed by atoms with E-state index in [0.717, 1.165) is 23.4 Å². The van der Waals surface area contributed by atoms with Gasteiger partial charge in [0.2, 0.25) is 0 Å². The molecule has 1 aromatic heterocycles. The summed E-state index contributed by atoms with van der Waals surface area (Å²) in [5.74, 6) is 0.142. The van der Waals surface area contributed by atoms with Crippen LogP contribution in [0.5, 0.6) is 0 Å². The molecule has 0 bridgehead atoms. The standard InChI is InChI=1S/C31H26Cl2N2O2/c1-20(22-6-4-3-5-7-22)19-35-21(2)34-28-17-12-25(18-29(28)35)31(30(36)37,23-8-13-26(32)14-9-23)24-10-15-27(33)16-11-24/h3-18,20H,19H2,1-2H3,(H,36,37)/t20-/m1/s1. The Kier molecular flexibility index (Phi) is 6.80. The van der Waals surface area contributed by atoms with Gasteiger partial charge in [0.15, 0.2) is 0 Å². The van der Waals surface area contributed by atoms with E-state index in [9.17, 15) is 9.90 Å². The average molecular weight is 529 g/mol. The molecule has 0 aliphatic rings. The second kappa shape index (κ2) is 10.0. The average Bonchev–Trinajstić information content (AvgIpc) is 3.21. The summed E-state index contributed by atoms with van der Waals surface area (Å²) in [7, 11) is 0. The highest BCUT2D eigenvalue weighted by molar-refractivity contribution is 6.30. The smallest absolute Gasteiger partial charge is 0.323 e. The first-order valence-electron chi connectivity index (χ1n) is 12.1. The lowest BCUT2D eigenvalue weighted by molar-refractivity contribution is -0.140. The Hall–Kier alpha value is -3.60. The second-order valence-electron chi connectivity index (χ2n) is 9.35. The number of carboxylic acids is 1. The van der Waals surface area contributed by atoms with Crippen molar-refractivity contribution in [1.29, 1.82) is 0 Å². The number of imidazole rings is 1. The number of nitrogens with zero attached hydrogens (tertiary/aromatic N) is 2. The molecule has 0 saturated heterocycles. The van der Waals surface area contributed by atoms with Crippen LogP contribution in [-0.4, -0.2) is 20.6 Å². The monoisotopic (exact) mass is 528 g/mol. The van der Waals surface area contributed by atoms with E-state index in [4.69, 9.17) is 28.2 Å². The minimum atomic E-state index is -1.47. The van der Waals surface area contributed by atoms with Crippen molar-refractivity contribution < 1.29 is 9.90 Å². The number of rotatable bonds is 7. The van der Waals surface area contributed by atoms with Crippen molar-refractivity contribution in [3.8, 4) is 0 Å². The van der Waals surface area contributed by atoms with E-state index in [1.807, 2.05) is 43.3 Å². The molecule has 0 amide bonds. The Balaban J connectivity index is 1.72. The Morgan fingerprint density at radius 2 is 1.41 bits per heavy atom. The van der Waals surface area contributed by atoms with Crippen LogP contribution in [0.3, 0.4) is 0 Å². The fourth-order valence-electron chi connectivity index (χ4n) is 5.14. The largest absolute Gasteiger partial charge is 0.480 e. The van der Waals surface area contributed by atoms with Crippen LogP contribution in [0.25, 0.3) is 11.0 Å². The molecule has 6 heteroatoms. The van der Waals surface area contributed by atoms with Gasteiger partial charge in [0.1, 0.15) is 11.2 Å². The Bertz CT molecular complexity index is 1510. The van der Waals surface area contributed by atoms with Crippen molar-refractivity contribution >= 4 is 40.2 Å². The fourth-order valence-corrected chi connectivity index (χ4v) is 5.39. The molecule has 37 heavy (non-hydrogen) atoms. The molecule has 0 radical (unpaired) electrons. The zero-order valence-electron chi connectivity index (χ0n) is 20.5. The number of aliphatic carboxylic acids is 1. The van der Waals surface area contributed by atoms with Crippen LogP contribution in [-0.2, 0) is 16.8 Å². The van der Waals surface area contributed by atoms with Crippen LogP contribution >= 0.6 is 23.2 Å². The summed E-state index contributed by atoms with van der Waals surface area (Å²) in [6.07, 6.45) is 0. The van der Waals surface area contributed by atoms with E-state index in [1.165, 1.54) is 5.56 Å². The van der Waals surface area contributed by atoms with Crippen molar-refractivity contribution in [3.63, 3.8) is 0 Å². The third-order valence-corrected chi connectivity index (χ3v) is 7.58. The molecule has 5 aromatic rings. The first-order valence-corrected chi connectivity index (χ1v) is 12.8. The summed E-state index contributed by atoms with van der Waals surface area (Å²) < 4.78 is 2.17. The molecule has 0 fully saturated rings. The minimum absolute atomic E-state index is 0.248. The molecular formula is C31H26Cl2N2O2. The van der Waals surface area contributed by atoms with Gasteiger partial charge >= 0.3 is 5.97 Å². The van der Waals surface area contributed by atoms with Gasteiger partial charge in [-0.25, -0.2) is 4.98 Å². The first kappa shape index (κ1) is 25.1. The van der Waals surface area contributed by atoms with Gasteiger partial charge in [0.25, 0.3) is 0 Å². The van der Waals surface area contributed by atoms with Gasteiger partial charge in [-0.3, -0.25) is 4.79 Å². The Morgan fingerprint density at radius 3 is 1.95 bits per heavy atom. The van der Waals surface area contributed by atoms with E-state index >= 15 is 0 Å². The molecule has 1 heterocycles. The lowest BCUT2D eigenvalue weighted by Gasteiger charge is -2.31. The van der Waals surface area contributed by atoms with Crippen LogP contribution in [0.2, 0.25) is 10.0 Å². The molecule has 5 rings (SSSR count). The minimum Gasteiger partial charge on any atom is -0.480 e. The zero-order chi connectivity index (χ0) is 26.2. The molecule has 4 aromatic carbocycles. The van der Waals surface area contributed by atoms with Crippen molar-refractivity contribution in [2.75, 3.05) is 0 Å². The number of fused-ring (bicyclic) bond motifs is 1. The van der Waals surface area contributed by atoms with Crippen molar-refractivity contribution in [2.24, 2.45) is 0 Å². The van der Waals surface area contributed by atoms with Crippen LogP contribution in [0.1, 0.15) is 40.9 Å². The summed E-state index contributed by atoms with van der Waals surface area (Å²) in [6.45, 7) is 4.89. The quantitative estimate of drug-likeness (QED) is 0.218. The van der Waals surface area contributed by atoms with Gasteiger partial charge in [-0.15, -0.1) is 0 Å². The van der Waals surface area contributed by atoms with E-state index < -0.39 is 11.4 Å². The number of hydrogen-bond acceptors (Lipinski definition) is 2. The highest BCUT2D eigenvalue weighted by atomic mass is 35.5. The maximum Gasteiger partial charge on any atom is 0.323 e. The fraction of sp³-hybridized carbons (Fsp3) is 0.161. The van der Waals surface area contributed by atoms with Gasteiger partial charge < -0.3 is 9.67 Å². The molecule has 0 spiro atoms. The van der Waals surface area contributed by atoms with E-state index in [2.05, 4.69) is 23.6 Å². The van der Waals surface area contributed by atoms with Crippen molar-refractivity contribution in [3.05, 3.63) is 135 Å². The Morgan fingerprint density at radius 1 is 0.865 bits per heavy atom. The topological polar surface area (TPSA) is 55.1 Å². The molecule has 1 N–H and O–H groups in total. The highest BCUT2D eigenvalue weighted by Crippen LogP contribution is 2.41. The molecule has 4 nitrogen and oxygen atoms in total. The van der Waals surface area contributed by atoms with Gasteiger partial charge in [-0.05, 0) is 71.5 Å². The Labute approximate surface area is 226 Å². The van der Waals surface area contributed by atoms with E-state index in [-0.39, 0.29) is 5.92 Å². The number of carbonyl (C=O) groups is 1. The van der Waals surface area contributed by atoms with Gasteiger partial charge in [0, 0.05) is 16.6 Å². The first-order chi connectivity index (χ1) is 17.8. The summed E-state index contributed by atoms with van der Waals surface area (Å²) in [4.78, 5) is 18.1. The molecule has 1 atom stereocenters. The molecule has 0 saturated carbocycles. The lowest BCUT2D eigenvalue weighted by Crippen LogP contribution is -2.38. The normalized spacial score (nSPS) is 12.5. The lowest BCUT2D eigenvalue weighted by atomic mass is 9.69. The van der Waals surface area contributed by atoms with Gasteiger partial charge in [-0.2, -0.15) is 0 Å². The molecular weight excluding hydrogens is 503 g/mol. The SMILES string of the molecule is Cc1nc2ccc(C(C(=O)O)(c3ccc(Cl)cc3)c3ccc(Cl)cc3)cc2n1C[C@@H](C)c1ccccc1. The maximum atomic E-state index is 13.3. The van der Waals surface area contributed by atoms with Crippen LogP contribution in [0.15, 0.2) is 97.1 Å². The molecule has 0 aliphatic heterocycles. The summed E-state index contributed by atoms with van der Waals surface area (Å²) in [5.41, 5.74) is 3.32. The van der Waals surface area contributed by atoms with Crippen LogP contribution < -0.4 is 0 Å². The van der Waals surface area contributed by atoms with Crippen molar-refractivity contribution in [1.82, 2.24) is 9.55 Å². The zero-order valence-corrected chi connectivity index (χ0v) is 22.0. The van der Waals surface area contributed by atoms with Crippen molar-refractivity contribution in [2.45, 2.75) is 31.7 Å². The number of carboxylic acid groups (broad SMARTS) is 1. The van der Waals surface area contributed by atoms with E-state index in [0.29, 0.717) is 26.7 Å². The number of benzene rings is 4. The summed E-state index contributed by atoms with van der Waals surface area (Å²) in [5, 5.41) is 12.0. The number of aromatic nitrogens is 2. The number of aryl methyl sites for hydroxylation is 1.